The molecule has 0 bridgehead atoms. The smallest absolute Gasteiger partial charge is 0.274 e. The lowest BCUT2D eigenvalue weighted by Crippen LogP contribution is -2.27. The molecule has 9 heteroatoms. The quantitative estimate of drug-likeness (QED) is 0.237. The summed E-state index contributed by atoms with van der Waals surface area (Å²) >= 11 is 3.13. The van der Waals surface area contributed by atoms with Crippen molar-refractivity contribution in [1.29, 1.82) is 0 Å². The molecule has 2 aromatic carbocycles. The van der Waals surface area contributed by atoms with E-state index in [2.05, 4.69) is 22.4 Å². The van der Waals surface area contributed by atoms with Crippen LogP contribution in [0.5, 0.6) is 0 Å². The topological polar surface area (TPSA) is 104 Å². The number of nitrogens with zero attached hydrogens (tertiary/aromatic N) is 2. The Balaban J connectivity index is 1.36. The van der Waals surface area contributed by atoms with Gasteiger partial charge in [-0.1, -0.05) is 42.5 Å². The molecule has 1 aliphatic carbocycles. The van der Waals surface area contributed by atoms with Crippen LogP contribution in [0, 0.1) is 0 Å². The lowest BCUT2D eigenvalue weighted by Gasteiger charge is -2.14. The fourth-order valence-corrected chi connectivity index (χ4v) is 5.83. The van der Waals surface area contributed by atoms with E-state index in [-0.39, 0.29) is 11.9 Å². The molecule has 0 unspecified atom stereocenters. The maximum atomic E-state index is 13.2. The first-order valence-electron chi connectivity index (χ1n) is 10.9. The van der Waals surface area contributed by atoms with Crippen molar-refractivity contribution >= 4 is 34.5 Å². The van der Waals surface area contributed by atoms with Crippen molar-refractivity contribution in [3.05, 3.63) is 82.5 Å². The van der Waals surface area contributed by atoms with Crippen molar-refractivity contribution in [2.75, 3.05) is 0 Å². The molecule has 2 heterocycles. The van der Waals surface area contributed by atoms with Crippen LogP contribution in [0.4, 0.5) is 0 Å². The standard InChI is InChI=1S/C25H22N4O3S2/c1-14(15-7-11-18(12-8-15)22(30)29-32)27-23(31)20-21(17-9-10-17)34-25(28-20)24-26-13-19(33-24)16-5-3-2-4-6-16/h2-8,11-14,17,32H,9-10H2,1H3,(H,27,31)(H,29,30)/t14-/m1/s1. The number of carbonyl (C=O) groups is 2. The van der Waals surface area contributed by atoms with Gasteiger partial charge in [-0.25, -0.2) is 15.4 Å². The third-order valence-electron chi connectivity index (χ3n) is 5.69. The van der Waals surface area contributed by atoms with Gasteiger partial charge in [-0.2, -0.15) is 0 Å². The summed E-state index contributed by atoms with van der Waals surface area (Å²) in [5.74, 6) is -0.411. The van der Waals surface area contributed by atoms with E-state index in [1.165, 1.54) is 0 Å². The third kappa shape index (κ3) is 4.63. The maximum Gasteiger partial charge on any atom is 0.274 e. The summed E-state index contributed by atoms with van der Waals surface area (Å²) < 4.78 is 0. The van der Waals surface area contributed by atoms with E-state index in [1.54, 1.807) is 52.4 Å². The van der Waals surface area contributed by atoms with Crippen molar-refractivity contribution in [2.24, 2.45) is 0 Å². The number of amides is 2. The Bertz CT molecular complexity index is 1330. The van der Waals surface area contributed by atoms with E-state index in [4.69, 9.17) is 10.2 Å². The number of hydrogen-bond acceptors (Lipinski definition) is 7. The highest BCUT2D eigenvalue weighted by atomic mass is 32.1. The number of nitrogens with one attached hydrogen (secondary N) is 2. The van der Waals surface area contributed by atoms with Crippen LogP contribution in [0.25, 0.3) is 20.5 Å². The molecule has 0 spiro atoms. The summed E-state index contributed by atoms with van der Waals surface area (Å²) in [4.78, 5) is 36.1. The number of benzene rings is 2. The van der Waals surface area contributed by atoms with E-state index >= 15 is 0 Å². The van der Waals surface area contributed by atoms with Crippen molar-refractivity contribution in [1.82, 2.24) is 20.8 Å². The number of hydroxylamine groups is 1. The van der Waals surface area contributed by atoms with Crippen LogP contribution < -0.4 is 10.8 Å². The highest BCUT2D eigenvalue weighted by Gasteiger charge is 2.33. The summed E-state index contributed by atoms with van der Waals surface area (Å²) in [7, 11) is 0. The van der Waals surface area contributed by atoms with Crippen molar-refractivity contribution in [2.45, 2.75) is 31.7 Å². The fraction of sp³-hybridized carbons (Fsp3) is 0.200. The lowest BCUT2D eigenvalue weighted by atomic mass is 10.1. The van der Waals surface area contributed by atoms with E-state index in [0.717, 1.165) is 43.7 Å². The van der Waals surface area contributed by atoms with E-state index in [1.807, 2.05) is 31.3 Å². The zero-order valence-corrected chi connectivity index (χ0v) is 20.0. The van der Waals surface area contributed by atoms with Gasteiger partial charge < -0.3 is 5.32 Å². The molecule has 1 atom stereocenters. The Morgan fingerprint density at radius 3 is 2.41 bits per heavy atom. The van der Waals surface area contributed by atoms with Gasteiger partial charge in [-0.05, 0) is 48.9 Å². The molecule has 0 radical (unpaired) electrons. The Morgan fingerprint density at radius 2 is 1.74 bits per heavy atom. The minimum atomic E-state index is -0.579. The van der Waals surface area contributed by atoms with Crippen molar-refractivity contribution in [3.8, 4) is 20.5 Å². The van der Waals surface area contributed by atoms with E-state index in [0.29, 0.717) is 17.2 Å². The van der Waals surface area contributed by atoms with Gasteiger partial charge in [0.2, 0.25) is 0 Å². The lowest BCUT2D eigenvalue weighted by molar-refractivity contribution is 0.0706. The van der Waals surface area contributed by atoms with Gasteiger partial charge in [0.15, 0.2) is 10.0 Å². The highest BCUT2D eigenvalue weighted by Crippen LogP contribution is 2.47. The molecule has 0 aliphatic heterocycles. The second-order valence-corrected chi connectivity index (χ2v) is 10.2. The molecular formula is C25H22N4O3S2. The molecule has 1 aliphatic rings. The normalized spacial score (nSPS) is 13.9. The molecule has 1 fully saturated rings. The second kappa shape index (κ2) is 9.46. The Morgan fingerprint density at radius 1 is 1.00 bits per heavy atom. The Labute approximate surface area is 204 Å². The zero-order valence-electron chi connectivity index (χ0n) is 18.3. The molecule has 1 saturated carbocycles. The van der Waals surface area contributed by atoms with Crippen LogP contribution in [0.3, 0.4) is 0 Å². The largest absolute Gasteiger partial charge is 0.344 e. The molecule has 3 N–H and O–H groups in total. The number of aromatic nitrogens is 2. The Kier molecular flexibility index (Phi) is 6.23. The summed E-state index contributed by atoms with van der Waals surface area (Å²) in [5.41, 5.74) is 4.38. The average molecular weight is 491 g/mol. The zero-order chi connectivity index (χ0) is 23.7. The third-order valence-corrected chi connectivity index (χ3v) is 8.09. The van der Waals surface area contributed by atoms with Gasteiger partial charge in [0, 0.05) is 16.6 Å². The van der Waals surface area contributed by atoms with Crippen molar-refractivity contribution < 1.29 is 14.8 Å². The minimum absolute atomic E-state index is 0.214. The highest BCUT2D eigenvalue weighted by molar-refractivity contribution is 7.23. The van der Waals surface area contributed by atoms with Crippen LogP contribution >= 0.6 is 22.7 Å². The van der Waals surface area contributed by atoms with Gasteiger partial charge in [0.1, 0.15) is 5.69 Å². The predicted octanol–water partition coefficient (Wildman–Crippen LogP) is 5.42. The van der Waals surface area contributed by atoms with Crippen molar-refractivity contribution in [3.63, 3.8) is 0 Å². The molecular weight excluding hydrogens is 468 g/mol. The first-order valence-corrected chi connectivity index (χ1v) is 12.5. The first-order chi connectivity index (χ1) is 16.5. The fourth-order valence-electron chi connectivity index (χ4n) is 3.65. The SMILES string of the molecule is C[C@@H](NC(=O)c1nc(-c2ncc(-c3ccccc3)s2)sc1C1CC1)c1ccc(C(=O)NO)cc1. The molecule has 7 nitrogen and oxygen atoms in total. The van der Waals surface area contributed by atoms with Crippen LogP contribution in [0.15, 0.2) is 60.8 Å². The summed E-state index contributed by atoms with van der Waals surface area (Å²) in [6.07, 6.45) is 3.99. The Hall–Kier alpha value is -3.40. The number of hydrogen-bond donors (Lipinski definition) is 3. The molecule has 4 aromatic rings. The summed E-state index contributed by atoms with van der Waals surface area (Å²) in [6, 6.07) is 16.5. The monoisotopic (exact) mass is 490 g/mol. The number of carbonyl (C=O) groups excluding carboxylic acids is 2. The van der Waals surface area contributed by atoms with Crippen LogP contribution in [-0.2, 0) is 0 Å². The molecule has 34 heavy (non-hydrogen) atoms. The first kappa shape index (κ1) is 22.4. The predicted molar refractivity (Wildman–Crippen MR) is 132 cm³/mol. The van der Waals surface area contributed by atoms with Gasteiger partial charge in [-0.15, -0.1) is 22.7 Å². The molecule has 2 aromatic heterocycles. The summed E-state index contributed by atoms with van der Waals surface area (Å²) in [6.45, 7) is 1.88. The van der Waals surface area contributed by atoms with Gasteiger partial charge in [-0.3, -0.25) is 14.8 Å². The molecule has 0 saturated heterocycles. The average Bonchev–Trinajstić information content (AvgIpc) is 3.42. The molecule has 172 valence electrons. The van der Waals surface area contributed by atoms with Crippen LogP contribution in [0.2, 0.25) is 0 Å². The van der Waals surface area contributed by atoms with E-state index in [9.17, 15) is 9.59 Å². The molecule has 5 rings (SSSR count). The number of rotatable bonds is 7. The minimum Gasteiger partial charge on any atom is -0.344 e. The van der Waals surface area contributed by atoms with Gasteiger partial charge >= 0.3 is 0 Å². The van der Waals surface area contributed by atoms with Gasteiger partial charge in [0.05, 0.1) is 10.9 Å². The van der Waals surface area contributed by atoms with Crippen LogP contribution in [-0.4, -0.2) is 27.0 Å². The number of thiazole rings is 2. The second-order valence-electron chi connectivity index (χ2n) is 8.16. The van der Waals surface area contributed by atoms with E-state index < -0.39 is 5.91 Å². The van der Waals surface area contributed by atoms with Gasteiger partial charge in [0.25, 0.3) is 11.8 Å². The van der Waals surface area contributed by atoms with Crippen LogP contribution in [0.1, 0.15) is 63.0 Å². The maximum absolute atomic E-state index is 13.2. The molecule has 2 amide bonds. The summed E-state index contributed by atoms with van der Waals surface area (Å²) in [5, 5.41) is 13.4.